The summed E-state index contributed by atoms with van der Waals surface area (Å²) < 4.78 is 5.27. The lowest BCUT2D eigenvalue weighted by molar-refractivity contribution is 0.143. The highest BCUT2D eigenvalue weighted by Gasteiger charge is 2.22. The number of hydrogen-bond acceptors (Lipinski definition) is 5. The summed E-state index contributed by atoms with van der Waals surface area (Å²) in [7, 11) is 1.78. The van der Waals surface area contributed by atoms with Crippen LogP contribution >= 0.6 is 0 Å². The van der Waals surface area contributed by atoms with E-state index >= 15 is 0 Å². The first kappa shape index (κ1) is 13.8. The van der Waals surface area contributed by atoms with Crippen molar-refractivity contribution < 1.29 is 4.74 Å². The Hall–Kier alpha value is -1.20. The van der Waals surface area contributed by atoms with Crippen molar-refractivity contribution in [2.75, 3.05) is 31.7 Å². The monoisotopic (exact) mass is 276 g/mol. The number of hydrogen-bond donors (Lipinski definition) is 1. The minimum absolute atomic E-state index is 0.617. The summed E-state index contributed by atoms with van der Waals surface area (Å²) in [5.41, 5.74) is 1.03. The Kier molecular flexibility index (Phi) is 4.47. The van der Waals surface area contributed by atoms with Gasteiger partial charge in [-0.1, -0.05) is 0 Å². The van der Waals surface area contributed by atoms with Crippen LogP contribution in [0.4, 0.5) is 5.82 Å². The predicted molar refractivity (Wildman–Crippen MR) is 78.7 cm³/mol. The fraction of sp³-hybridized carbons (Fsp3) is 0.733. The smallest absolute Gasteiger partial charge is 0.147 e. The van der Waals surface area contributed by atoms with Crippen molar-refractivity contribution in [3.05, 3.63) is 18.1 Å². The molecule has 0 spiro atoms. The molecule has 1 saturated heterocycles. The first-order chi connectivity index (χ1) is 9.85. The molecule has 0 aromatic carbocycles. The lowest BCUT2D eigenvalue weighted by Crippen LogP contribution is -2.37. The van der Waals surface area contributed by atoms with E-state index in [4.69, 9.17) is 4.74 Å². The average Bonchev–Trinajstić information content (AvgIpc) is 3.31. The highest BCUT2D eigenvalue weighted by Crippen LogP contribution is 2.22. The molecule has 5 heteroatoms. The molecule has 1 aliphatic carbocycles. The molecule has 1 saturated carbocycles. The number of aromatic nitrogens is 2. The molecular weight excluding hydrogens is 252 g/mol. The van der Waals surface area contributed by atoms with Gasteiger partial charge in [-0.3, -0.25) is 4.98 Å². The van der Waals surface area contributed by atoms with Gasteiger partial charge < -0.3 is 15.0 Å². The number of piperidine rings is 1. The van der Waals surface area contributed by atoms with Crippen LogP contribution in [0.2, 0.25) is 0 Å². The molecule has 0 amide bonds. The molecule has 5 nitrogen and oxygen atoms in total. The second kappa shape index (κ2) is 6.50. The third-order valence-electron chi connectivity index (χ3n) is 4.09. The van der Waals surface area contributed by atoms with E-state index in [1.165, 1.54) is 25.7 Å². The first-order valence-electron chi connectivity index (χ1n) is 7.63. The number of rotatable bonds is 6. The molecule has 1 unspecified atom stereocenters. The highest BCUT2D eigenvalue weighted by atomic mass is 16.5. The van der Waals surface area contributed by atoms with E-state index in [1.54, 1.807) is 7.11 Å². The SMILES string of the molecule is COCC1CCCN(c2cnc(CNC3CC3)cn2)C1. The van der Waals surface area contributed by atoms with Crippen LogP contribution in [0.25, 0.3) is 0 Å². The van der Waals surface area contributed by atoms with Crippen LogP contribution in [0.5, 0.6) is 0 Å². The van der Waals surface area contributed by atoms with Crippen molar-refractivity contribution >= 4 is 5.82 Å². The van der Waals surface area contributed by atoms with Crippen LogP contribution < -0.4 is 10.2 Å². The van der Waals surface area contributed by atoms with E-state index in [0.717, 1.165) is 37.8 Å². The van der Waals surface area contributed by atoms with Crippen LogP contribution in [0.3, 0.4) is 0 Å². The molecule has 1 aromatic heterocycles. The van der Waals surface area contributed by atoms with Gasteiger partial charge in [0.1, 0.15) is 5.82 Å². The van der Waals surface area contributed by atoms with E-state index in [9.17, 15) is 0 Å². The van der Waals surface area contributed by atoms with Gasteiger partial charge in [-0.25, -0.2) is 4.98 Å². The van der Waals surface area contributed by atoms with Crippen molar-refractivity contribution in [2.24, 2.45) is 5.92 Å². The van der Waals surface area contributed by atoms with Crippen LogP contribution in [0, 0.1) is 5.92 Å². The standard InChI is InChI=1S/C15H24N4O/c1-20-11-12-3-2-6-19(10-12)15-9-17-14(8-18-15)7-16-13-4-5-13/h8-9,12-13,16H,2-7,10-11H2,1H3. The van der Waals surface area contributed by atoms with Gasteiger partial charge in [0.2, 0.25) is 0 Å². The maximum atomic E-state index is 5.27. The minimum atomic E-state index is 0.617. The molecule has 0 radical (unpaired) electrons. The number of methoxy groups -OCH3 is 1. The van der Waals surface area contributed by atoms with Gasteiger partial charge in [-0.05, 0) is 31.6 Å². The lowest BCUT2D eigenvalue weighted by atomic mass is 9.99. The second-order valence-corrected chi connectivity index (χ2v) is 5.93. The van der Waals surface area contributed by atoms with Crippen LogP contribution in [0.1, 0.15) is 31.4 Å². The molecule has 20 heavy (non-hydrogen) atoms. The van der Waals surface area contributed by atoms with Gasteiger partial charge in [-0.15, -0.1) is 0 Å². The molecule has 1 aromatic rings. The summed E-state index contributed by atoms with van der Waals surface area (Å²) in [5, 5.41) is 3.46. The van der Waals surface area contributed by atoms with Gasteiger partial charge in [0.05, 0.1) is 24.7 Å². The summed E-state index contributed by atoms with van der Waals surface area (Å²) in [6.07, 6.45) is 8.89. The fourth-order valence-electron chi connectivity index (χ4n) is 2.78. The fourth-order valence-corrected chi connectivity index (χ4v) is 2.78. The molecule has 1 atom stereocenters. The summed E-state index contributed by atoms with van der Waals surface area (Å²) in [4.78, 5) is 11.4. The molecule has 3 rings (SSSR count). The van der Waals surface area contributed by atoms with Crippen LogP contribution in [-0.2, 0) is 11.3 Å². The van der Waals surface area contributed by atoms with Gasteiger partial charge in [0.15, 0.2) is 0 Å². The molecular formula is C15H24N4O. The van der Waals surface area contributed by atoms with E-state index in [0.29, 0.717) is 12.0 Å². The quantitative estimate of drug-likeness (QED) is 0.855. The molecule has 1 aliphatic heterocycles. The number of ether oxygens (including phenoxy) is 1. The molecule has 110 valence electrons. The summed E-state index contributed by atoms with van der Waals surface area (Å²) >= 11 is 0. The van der Waals surface area contributed by atoms with E-state index < -0.39 is 0 Å². The Bertz CT molecular complexity index is 416. The van der Waals surface area contributed by atoms with E-state index in [1.807, 2.05) is 12.4 Å². The van der Waals surface area contributed by atoms with E-state index in [-0.39, 0.29) is 0 Å². The maximum Gasteiger partial charge on any atom is 0.147 e. The van der Waals surface area contributed by atoms with Gasteiger partial charge in [-0.2, -0.15) is 0 Å². The Morgan fingerprint density at radius 2 is 2.20 bits per heavy atom. The molecule has 2 fully saturated rings. The molecule has 2 aliphatic rings. The number of anilines is 1. The zero-order valence-corrected chi connectivity index (χ0v) is 12.2. The number of nitrogens with zero attached hydrogens (tertiary/aromatic N) is 3. The largest absolute Gasteiger partial charge is 0.384 e. The number of nitrogens with one attached hydrogen (secondary N) is 1. The molecule has 1 N–H and O–H groups in total. The maximum absolute atomic E-state index is 5.27. The van der Waals surface area contributed by atoms with Crippen LogP contribution in [0.15, 0.2) is 12.4 Å². The second-order valence-electron chi connectivity index (χ2n) is 5.93. The van der Waals surface area contributed by atoms with Gasteiger partial charge in [0.25, 0.3) is 0 Å². The highest BCUT2D eigenvalue weighted by molar-refractivity contribution is 5.36. The molecule has 0 bridgehead atoms. The van der Waals surface area contributed by atoms with Crippen molar-refractivity contribution in [2.45, 2.75) is 38.3 Å². The Morgan fingerprint density at radius 1 is 1.30 bits per heavy atom. The Labute approximate surface area is 120 Å². The minimum Gasteiger partial charge on any atom is -0.384 e. The zero-order chi connectivity index (χ0) is 13.8. The van der Waals surface area contributed by atoms with E-state index in [2.05, 4.69) is 20.2 Å². The normalized spacial score (nSPS) is 23.1. The van der Waals surface area contributed by atoms with Crippen molar-refractivity contribution in [1.29, 1.82) is 0 Å². The van der Waals surface area contributed by atoms with Crippen LogP contribution in [-0.4, -0.2) is 42.8 Å². The van der Waals surface area contributed by atoms with Gasteiger partial charge >= 0.3 is 0 Å². The molecule has 2 heterocycles. The zero-order valence-electron chi connectivity index (χ0n) is 12.2. The van der Waals surface area contributed by atoms with Crippen molar-refractivity contribution in [3.8, 4) is 0 Å². The Morgan fingerprint density at radius 3 is 2.90 bits per heavy atom. The lowest BCUT2D eigenvalue weighted by Gasteiger charge is -2.33. The van der Waals surface area contributed by atoms with Gasteiger partial charge in [0, 0.05) is 32.8 Å². The average molecular weight is 276 g/mol. The summed E-state index contributed by atoms with van der Waals surface area (Å²) in [6, 6.07) is 0.716. The summed E-state index contributed by atoms with van der Waals surface area (Å²) in [6.45, 7) is 3.79. The topological polar surface area (TPSA) is 50.3 Å². The third-order valence-corrected chi connectivity index (χ3v) is 4.09. The predicted octanol–water partition coefficient (Wildman–Crippen LogP) is 1.59. The first-order valence-corrected chi connectivity index (χ1v) is 7.63. The van der Waals surface area contributed by atoms with Crippen molar-refractivity contribution in [1.82, 2.24) is 15.3 Å². The Balaban J connectivity index is 1.55. The third kappa shape index (κ3) is 3.67. The summed E-state index contributed by atoms with van der Waals surface area (Å²) in [5.74, 6) is 1.62. The van der Waals surface area contributed by atoms with Crippen molar-refractivity contribution in [3.63, 3.8) is 0 Å².